The van der Waals surface area contributed by atoms with Gasteiger partial charge in [-0.3, -0.25) is 0 Å². The minimum atomic E-state index is -0.248. The predicted octanol–water partition coefficient (Wildman–Crippen LogP) is 3.34. The second kappa shape index (κ2) is 7.17. The summed E-state index contributed by atoms with van der Waals surface area (Å²) in [4.78, 5) is 6.36. The van der Waals surface area contributed by atoms with Crippen molar-refractivity contribution in [1.82, 2.24) is 10.1 Å². The maximum atomic E-state index is 14.4. The maximum absolute atomic E-state index is 14.4. The zero-order valence-corrected chi connectivity index (χ0v) is 14.3. The largest absolute Gasteiger partial charge is 0.378 e. The van der Waals surface area contributed by atoms with Crippen LogP contribution in [0.25, 0.3) is 0 Å². The lowest BCUT2D eigenvalue weighted by Crippen LogP contribution is -2.36. The number of nitrogens with zero attached hydrogens (tertiary/aromatic N) is 3. The number of hydrogen-bond acceptors (Lipinski definition) is 6. The van der Waals surface area contributed by atoms with Gasteiger partial charge in [0.1, 0.15) is 11.9 Å². The van der Waals surface area contributed by atoms with E-state index in [2.05, 4.69) is 15.5 Å². The minimum absolute atomic E-state index is 0.196. The van der Waals surface area contributed by atoms with Crippen molar-refractivity contribution in [2.24, 2.45) is 0 Å². The summed E-state index contributed by atoms with van der Waals surface area (Å²) in [5.74, 6) is 1.13. The molecule has 1 aliphatic rings. The molecule has 1 saturated heterocycles. The second-order valence-electron chi connectivity index (χ2n) is 6.28. The molecule has 1 unspecified atom stereocenters. The van der Waals surface area contributed by atoms with Crippen LogP contribution in [0.15, 0.2) is 22.7 Å². The van der Waals surface area contributed by atoms with Gasteiger partial charge in [0.25, 0.3) is 0 Å². The van der Waals surface area contributed by atoms with Gasteiger partial charge in [-0.1, -0.05) is 19.0 Å². The van der Waals surface area contributed by atoms with E-state index in [1.54, 1.807) is 6.07 Å². The van der Waals surface area contributed by atoms with E-state index in [0.29, 0.717) is 49.4 Å². The van der Waals surface area contributed by atoms with Crippen molar-refractivity contribution in [2.75, 3.05) is 36.5 Å². The zero-order chi connectivity index (χ0) is 17.1. The van der Waals surface area contributed by atoms with Gasteiger partial charge in [-0.15, -0.1) is 0 Å². The van der Waals surface area contributed by atoms with Gasteiger partial charge in [0.2, 0.25) is 5.89 Å². The van der Waals surface area contributed by atoms with Crippen LogP contribution in [0.1, 0.15) is 44.4 Å². The van der Waals surface area contributed by atoms with Gasteiger partial charge in [-0.05, 0) is 25.1 Å². The van der Waals surface area contributed by atoms with E-state index in [1.807, 2.05) is 31.7 Å². The highest BCUT2D eigenvalue weighted by Gasteiger charge is 2.18. The number of ether oxygens (including phenoxy) is 1. The summed E-state index contributed by atoms with van der Waals surface area (Å²) in [6.45, 7) is 8.60. The van der Waals surface area contributed by atoms with E-state index in [0.717, 1.165) is 0 Å². The number of nitrogens with one attached hydrogen (secondary N) is 1. The van der Waals surface area contributed by atoms with E-state index in [4.69, 9.17) is 9.26 Å². The molecule has 1 N–H and O–H groups in total. The first-order valence-corrected chi connectivity index (χ1v) is 8.27. The third kappa shape index (κ3) is 3.67. The van der Waals surface area contributed by atoms with Gasteiger partial charge >= 0.3 is 0 Å². The number of halogens is 1. The molecule has 0 radical (unpaired) electrons. The summed E-state index contributed by atoms with van der Waals surface area (Å²) in [6, 6.07) is 4.97. The summed E-state index contributed by atoms with van der Waals surface area (Å²) in [5.41, 5.74) is 1.29. The van der Waals surface area contributed by atoms with Crippen LogP contribution in [0.4, 0.5) is 15.8 Å². The predicted molar refractivity (Wildman–Crippen MR) is 89.9 cm³/mol. The molecule has 0 saturated carbocycles. The second-order valence-corrected chi connectivity index (χ2v) is 6.28. The fourth-order valence-corrected chi connectivity index (χ4v) is 2.63. The molecule has 1 aromatic carbocycles. The Hall–Kier alpha value is -2.15. The Balaban J connectivity index is 1.69. The fourth-order valence-electron chi connectivity index (χ4n) is 2.63. The molecule has 0 bridgehead atoms. The first kappa shape index (κ1) is 16.7. The average molecular weight is 334 g/mol. The van der Waals surface area contributed by atoms with Crippen molar-refractivity contribution in [1.29, 1.82) is 0 Å². The average Bonchev–Trinajstić information content (AvgIpc) is 3.06. The van der Waals surface area contributed by atoms with Crippen LogP contribution in [0.2, 0.25) is 0 Å². The van der Waals surface area contributed by atoms with Crippen LogP contribution in [0, 0.1) is 5.82 Å². The summed E-state index contributed by atoms with van der Waals surface area (Å²) >= 11 is 0. The first-order valence-electron chi connectivity index (χ1n) is 8.27. The van der Waals surface area contributed by atoms with Crippen LogP contribution in [-0.4, -0.2) is 36.4 Å². The SMILES string of the molecule is CC(C)c1noc(C(C)Nc2ccc(N3CCOCC3)c(F)c2)n1. The summed E-state index contributed by atoms with van der Waals surface area (Å²) in [5, 5.41) is 7.15. The van der Waals surface area contributed by atoms with Gasteiger partial charge in [-0.2, -0.15) is 4.98 Å². The number of rotatable bonds is 5. The molecule has 1 aliphatic heterocycles. The van der Waals surface area contributed by atoms with Crippen molar-refractivity contribution < 1.29 is 13.7 Å². The molecule has 1 atom stereocenters. The lowest BCUT2D eigenvalue weighted by molar-refractivity contribution is 0.122. The van der Waals surface area contributed by atoms with Gasteiger partial charge in [0.05, 0.1) is 18.9 Å². The molecular formula is C17H23FN4O2. The number of hydrogen-bond donors (Lipinski definition) is 1. The van der Waals surface area contributed by atoms with Crippen molar-refractivity contribution in [3.05, 3.63) is 35.7 Å². The molecule has 0 spiro atoms. The summed E-state index contributed by atoms with van der Waals surface area (Å²) in [6.07, 6.45) is 0. The molecular weight excluding hydrogens is 311 g/mol. The highest BCUT2D eigenvalue weighted by atomic mass is 19.1. The number of aromatic nitrogens is 2. The number of benzene rings is 1. The summed E-state index contributed by atoms with van der Waals surface area (Å²) < 4.78 is 25.0. The lowest BCUT2D eigenvalue weighted by atomic mass is 10.2. The smallest absolute Gasteiger partial charge is 0.248 e. The third-order valence-corrected chi connectivity index (χ3v) is 4.03. The summed E-state index contributed by atoms with van der Waals surface area (Å²) in [7, 11) is 0. The molecule has 1 aromatic heterocycles. The monoisotopic (exact) mass is 334 g/mol. The maximum Gasteiger partial charge on any atom is 0.248 e. The van der Waals surface area contributed by atoms with E-state index in [-0.39, 0.29) is 17.8 Å². The van der Waals surface area contributed by atoms with E-state index >= 15 is 0 Å². The molecule has 0 aliphatic carbocycles. The van der Waals surface area contributed by atoms with Crippen molar-refractivity contribution in [3.8, 4) is 0 Å². The molecule has 2 aromatic rings. The normalized spacial score (nSPS) is 16.5. The number of anilines is 2. The molecule has 3 rings (SSSR count). The highest BCUT2D eigenvalue weighted by molar-refractivity contribution is 5.57. The first-order chi connectivity index (χ1) is 11.5. The van der Waals surface area contributed by atoms with Gasteiger partial charge in [0.15, 0.2) is 5.82 Å². The molecule has 24 heavy (non-hydrogen) atoms. The van der Waals surface area contributed by atoms with Crippen molar-refractivity contribution in [3.63, 3.8) is 0 Å². The lowest BCUT2D eigenvalue weighted by Gasteiger charge is -2.29. The molecule has 7 heteroatoms. The molecule has 0 amide bonds. The van der Waals surface area contributed by atoms with Crippen LogP contribution in [-0.2, 0) is 4.74 Å². The highest BCUT2D eigenvalue weighted by Crippen LogP contribution is 2.26. The van der Waals surface area contributed by atoms with Crippen LogP contribution in [0.5, 0.6) is 0 Å². The van der Waals surface area contributed by atoms with Crippen LogP contribution >= 0.6 is 0 Å². The minimum Gasteiger partial charge on any atom is -0.378 e. The Labute approximate surface area is 141 Å². The quantitative estimate of drug-likeness (QED) is 0.905. The molecule has 130 valence electrons. The van der Waals surface area contributed by atoms with Gasteiger partial charge in [0, 0.05) is 24.7 Å². The Kier molecular flexibility index (Phi) is 4.99. The third-order valence-electron chi connectivity index (χ3n) is 4.03. The number of morpholine rings is 1. The standard InChI is InChI=1S/C17H23FN4O2/c1-11(2)16-20-17(24-21-16)12(3)19-13-4-5-15(14(18)10-13)22-6-8-23-9-7-22/h4-5,10-12,19H,6-9H2,1-3H3. The van der Waals surface area contributed by atoms with Gasteiger partial charge < -0.3 is 19.5 Å². The van der Waals surface area contributed by atoms with Crippen molar-refractivity contribution in [2.45, 2.75) is 32.7 Å². The topological polar surface area (TPSA) is 63.4 Å². The van der Waals surface area contributed by atoms with E-state index < -0.39 is 0 Å². The van der Waals surface area contributed by atoms with E-state index in [1.165, 1.54) is 6.07 Å². The Bertz CT molecular complexity index is 683. The molecule has 2 heterocycles. The Morgan fingerprint density at radius 2 is 1.96 bits per heavy atom. The Morgan fingerprint density at radius 1 is 1.21 bits per heavy atom. The van der Waals surface area contributed by atoms with Crippen LogP contribution < -0.4 is 10.2 Å². The molecule has 1 fully saturated rings. The fraction of sp³-hybridized carbons (Fsp3) is 0.529. The molecule has 6 nitrogen and oxygen atoms in total. The zero-order valence-electron chi connectivity index (χ0n) is 14.3. The Morgan fingerprint density at radius 3 is 2.58 bits per heavy atom. The van der Waals surface area contributed by atoms with E-state index in [9.17, 15) is 4.39 Å². The van der Waals surface area contributed by atoms with Crippen molar-refractivity contribution >= 4 is 11.4 Å². The van der Waals surface area contributed by atoms with Gasteiger partial charge in [-0.25, -0.2) is 4.39 Å². The van der Waals surface area contributed by atoms with Crippen LogP contribution in [0.3, 0.4) is 0 Å².